The monoisotopic (exact) mass is 530 g/mol. The van der Waals surface area contributed by atoms with Crippen molar-refractivity contribution in [1.29, 1.82) is 0 Å². The minimum absolute atomic E-state index is 0.0415. The molecule has 0 aliphatic carbocycles. The van der Waals surface area contributed by atoms with E-state index in [0.717, 1.165) is 45.8 Å². The highest BCUT2D eigenvalue weighted by Crippen LogP contribution is 2.41. The largest absolute Gasteiger partial charge is 0.350 e. The normalized spacial score (nSPS) is 28.5. The van der Waals surface area contributed by atoms with E-state index in [1.54, 1.807) is 0 Å². The number of benzene rings is 1. The Hall–Kier alpha value is -1.02. The number of hydrogen-bond donors (Lipinski definition) is 0. The zero-order valence-corrected chi connectivity index (χ0v) is 24.6. The summed E-state index contributed by atoms with van der Waals surface area (Å²) in [5.74, 6) is -0.593. The van der Waals surface area contributed by atoms with Crippen LogP contribution in [0.5, 0.6) is 0 Å². The first-order valence-corrected chi connectivity index (χ1v) is 15.6. The summed E-state index contributed by atoms with van der Waals surface area (Å²) in [6.07, 6.45) is 12.6. The molecule has 3 aliphatic heterocycles. The van der Waals surface area contributed by atoms with Crippen LogP contribution in [0.4, 0.5) is 0 Å². The molecule has 3 saturated heterocycles. The number of unbranched alkanes of at least 4 members (excludes halogenated alkanes) is 9. The van der Waals surface area contributed by atoms with Crippen molar-refractivity contribution in [3.05, 3.63) is 35.9 Å². The first-order valence-electron chi connectivity index (χ1n) is 15.6. The number of hydrogen-bond acceptors (Lipinski definition) is 6. The summed E-state index contributed by atoms with van der Waals surface area (Å²) in [7, 11) is 0. The van der Waals surface area contributed by atoms with Gasteiger partial charge in [0, 0.05) is 45.4 Å². The second-order valence-electron chi connectivity index (χ2n) is 12.1. The SMILES string of the molecule is CCCCCCCCCCCCO[C@H]1O[C@H]([C@H](C)N2CCN(Cc3ccccc3)CC2)[C@@H]2OC(C)(C)O[C@H]12. The average Bonchev–Trinajstić information content (AvgIpc) is 3.41. The Balaban J connectivity index is 1.17. The van der Waals surface area contributed by atoms with Crippen LogP contribution in [0.3, 0.4) is 0 Å². The Bertz CT molecular complexity index is 783. The third kappa shape index (κ3) is 8.74. The highest BCUT2D eigenvalue weighted by molar-refractivity contribution is 5.14. The van der Waals surface area contributed by atoms with Crippen LogP contribution >= 0.6 is 0 Å². The van der Waals surface area contributed by atoms with Crippen molar-refractivity contribution in [1.82, 2.24) is 9.80 Å². The zero-order valence-electron chi connectivity index (χ0n) is 24.6. The van der Waals surface area contributed by atoms with E-state index >= 15 is 0 Å². The molecule has 1 aromatic carbocycles. The fraction of sp³-hybridized carbons (Fsp3) is 0.812. The van der Waals surface area contributed by atoms with Crippen molar-refractivity contribution < 1.29 is 18.9 Å². The van der Waals surface area contributed by atoms with Gasteiger partial charge in [0.25, 0.3) is 0 Å². The maximum Gasteiger partial charge on any atom is 0.187 e. The molecule has 1 aromatic rings. The fourth-order valence-corrected chi connectivity index (χ4v) is 6.28. The number of fused-ring (bicyclic) bond motifs is 1. The summed E-state index contributed by atoms with van der Waals surface area (Å²) in [4.78, 5) is 5.11. The topological polar surface area (TPSA) is 43.4 Å². The van der Waals surface area contributed by atoms with Crippen molar-refractivity contribution in [3.8, 4) is 0 Å². The lowest BCUT2D eigenvalue weighted by Gasteiger charge is -2.40. The second kappa shape index (κ2) is 15.1. The number of nitrogens with zero attached hydrogens (tertiary/aromatic N) is 2. The molecule has 5 atom stereocenters. The summed E-state index contributed by atoms with van der Waals surface area (Å²) >= 11 is 0. The van der Waals surface area contributed by atoms with Gasteiger partial charge in [0.05, 0.1) is 0 Å². The van der Waals surface area contributed by atoms with E-state index in [-0.39, 0.29) is 30.6 Å². The van der Waals surface area contributed by atoms with E-state index in [0.29, 0.717) is 0 Å². The lowest BCUT2D eigenvalue weighted by Crippen LogP contribution is -2.54. The van der Waals surface area contributed by atoms with Crippen molar-refractivity contribution in [2.75, 3.05) is 32.8 Å². The predicted molar refractivity (Wildman–Crippen MR) is 153 cm³/mol. The van der Waals surface area contributed by atoms with E-state index in [2.05, 4.69) is 54.0 Å². The molecule has 0 radical (unpaired) electrons. The molecule has 0 amide bonds. The van der Waals surface area contributed by atoms with Crippen LogP contribution in [0.15, 0.2) is 30.3 Å². The molecule has 6 nitrogen and oxygen atoms in total. The Morgan fingerprint density at radius 1 is 0.842 bits per heavy atom. The highest BCUT2D eigenvalue weighted by atomic mass is 16.8. The Kier molecular flexibility index (Phi) is 11.9. The highest BCUT2D eigenvalue weighted by Gasteiger charge is 2.57. The molecule has 6 heteroatoms. The quantitative estimate of drug-likeness (QED) is 0.231. The maximum absolute atomic E-state index is 6.52. The van der Waals surface area contributed by atoms with E-state index in [9.17, 15) is 0 Å². The lowest BCUT2D eigenvalue weighted by atomic mass is 10.0. The second-order valence-corrected chi connectivity index (χ2v) is 12.1. The molecule has 38 heavy (non-hydrogen) atoms. The third-order valence-electron chi connectivity index (χ3n) is 8.53. The molecule has 0 spiro atoms. The molecular formula is C32H54N2O4. The van der Waals surface area contributed by atoms with E-state index in [1.807, 2.05) is 13.8 Å². The van der Waals surface area contributed by atoms with Gasteiger partial charge in [-0.05, 0) is 32.8 Å². The summed E-state index contributed by atoms with van der Waals surface area (Å²) in [6.45, 7) is 14.6. The van der Waals surface area contributed by atoms with Crippen molar-refractivity contribution in [2.24, 2.45) is 0 Å². The molecule has 0 bridgehead atoms. The minimum Gasteiger partial charge on any atom is -0.350 e. The van der Waals surface area contributed by atoms with Gasteiger partial charge in [-0.25, -0.2) is 0 Å². The summed E-state index contributed by atoms with van der Waals surface area (Å²) in [5, 5.41) is 0. The standard InChI is InChI=1S/C32H54N2O4/c1-5-6-7-8-9-10-11-12-13-17-24-35-31-30-29(37-32(3,4)38-30)28(36-31)26(2)34-22-20-33(21-23-34)25-27-18-15-14-16-19-27/h14-16,18-19,26,28-31H,5-13,17,20-25H2,1-4H3/t26-,28+,29-,30-,31-/m0/s1. The predicted octanol–water partition coefficient (Wildman–Crippen LogP) is 6.38. The summed E-state index contributed by atoms with van der Waals surface area (Å²) < 4.78 is 25.5. The van der Waals surface area contributed by atoms with Gasteiger partial charge in [-0.15, -0.1) is 0 Å². The molecule has 3 aliphatic rings. The van der Waals surface area contributed by atoms with Crippen molar-refractivity contribution in [2.45, 2.75) is 135 Å². The number of ether oxygens (including phenoxy) is 4. The van der Waals surface area contributed by atoms with E-state index < -0.39 is 5.79 Å². The first-order chi connectivity index (χ1) is 18.5. The molecule has 3 fully saturated rings. The van der Waals surface area contributed by atoms with Gasteiger partial charge in [-0.3, -0.25) is 9.80 Å². The van der Waals surface area contributed by atoms with Gasteiger partial charge in [0.2, 0.25) is 0 Å². The van der Waals surface area contributed by atoms with Crippen molar-refractivity contribution in [3.63, 3.8) is 0 Å². The van der Waals surface area contributed by atoms with Crippen molar-refractivity contribution >= 4 is 0 Å². The zero-order chi connectivity index (χ0) is 26.8. The molecule has 0 aromatic heterocycles. The third-order valence-corrected chi connectivity index (χ3v) is 8.53. The first kappa shape index (κ1) is 30.0. The molecule has 216 valence electrons. The van der Waals surface area contributed by atoms with Gasteiger partial charge in [-0.1, -0.05) is 95.0 Å². The van der Waals surface area contributed by atoms with Crippen LogP contribution in [-0.2, 0) is 25.5 Å². The van der Waals surface area contributed by atoms with Crippen LogP contribution in [0.25, 0.3) is 0 Å². The smallest absolute Gasteiger partial charge is 0.187 e. The van der Waals surface area contributed by atoms with Gasteiger partial charge in [0.15, 0.2) is 12.1 Å². The Morgan fingerprint density at radius 3 is 2.11 bits per heavy atom. The van der Waals surface area contributed by atoms with Gasteiger partial charge >= 0.3 is 0 Å². The van der Waals surface area contributed by atoms with Crippen LogP contribution in [0.2, 0.25) is 0 Å². The summed E-state index contributed by atoms with van der Waals surface area (Å²) in [5.41, 5.74) is 1.39. The minimum atomic E-state index is -0.593. The van der Waals surface area contributed by atoms with Gasteiger partial charge < -0.3 is 18.9 Å². The van der Waals surface area contributed by atoms with Gasteiger partial charge in [0.1, 0.15) is 18.3 Å². The molecule has 0 unspecified atom stereocenters. The van der Waals surface area contributed by atoms with Gasteiger partial charge in [-0.2, -0.15) is 0 Å². The Morgan fingerprint density at radius 2 is 1.45 bits per heavy atom. The summed E-state index contributed by atoms with van der Waals surface area (Å²) in [6, 6.07) is 11.0. The molecule has 0 saturated carbocycles. The lowest BCUT2D eigenvalue weighted by molar-refractivity contribution is -0.239. The number of piperazine rings is 1. The van der Waals surface area contributed by atoms with Crippen LogP contribution in [-0.4, -0.2) is 79.0 Å². The maximum atomic E-state index is 6.52. The van der Waals surface area contributed by atoms with E-state index in [4.69, 9.17) is 18.9 Å². The molecule has 3 heterocycles. The van der Waals surface area contributed by atoms with E-state index in [1.165, 1.54) is 63.4 Å². The molecular weight excluding hydrogens is 476 g/mol. The molecule has 0 N–H and O–H groups in total. The van der Waals surface area contributed by atoms with Crippen LogP contribution < -0.4 is 0 Å². The molecule has 4 rings (SSSR count). The van der Waals surface area contributed by atoms with Crippen LogP contribution in [0.1, 0.15) is 97.5 Å². The average molecular weight is 531 g/mol. The van der Waals surface area contributed by atoms with Crippen LogP contribution in [0, 0.1) is 0 Å². The fourth-order valence-electron chi connectivity index (χ4n) is 6.28. The Labute approximate surface area is 232 Å². The number of rotatable bonds is 16.